The number of ether oxygens (including phenoxy) is 3. The van der Waals surface area contributed by atoms with E-state index in [1.165, 1.54) is 26.2 Å². The molecule has 0 aromatic heterocycles. The van der Waals surface area contributed by atoms with Gasteiger partial charge in [-0.25, -0.2) is 4.79 Å². The van der Waals surface area contributed by atoms with Crippen LogP contribution in [-0.2, 0) is 9.53 Å². The van der Waals surface area contributed by atoms with E-state index in [2.05, 4.69) is 5.32 Å². The van der Waals surface area contributed by atoms with Crippen LogP contribution in [0.4, 0.5) is 11.4 Å². The number of anilines is 1. The molecule has 9 heteroatoms. The summed E-state index contributed by atoms with van der Waals surface area (Å²) in [6, 6.07) is 10.4. The molecule has 1 atom stereocenters. The van der Waals surface area contributed by atoms with Crippen molar-refractivity contribution in [3.05, 3.63) is 58.1 Å². The maximum absolute atomic E-state index is 12.3. The molecular formula is C19H20N2O7. The number of nitro groups is 1. The molecule has 0 aliphatic carbocycles. The maximum Gasteiger partial charge on any atom is 0.339 e. The van der Waals surface area contributed by atoms with Crippen molar-refractivity contribution in [3.8, 4) is 11.5 Å². The smallest absolute Gasteiger partial charge is 0.339 e. The summed E-state index contributed by atoms with van der Waals surface area (Å²) in [5, 5.41) is 13.8. The van der Waals surface area contributed by atoms with Gasteiger partial charge in [0, 0.05) is 17.8 Å². The molecule has 0 fully saturated rings. The van der Waals surface area contributed by atoms with Crippen LogP contribution in [0.3, 0.4) is 0 Å². The Morgan fingerprint density at radius 2 is 1.96 bits per heavy atom. The normalized spacial score (nSPS) is 11.2. The molecule has 2 aromatic rings. The van der Waals surface area contributed by atoms with Crippen molar-refractivity contribution < 1.29 is 28.7 Å². The van der Waals surface area contributed by atoms with Gasteiger partial charge in [-0.05, 0) is 38.1 Å². The van der Waals surface area contributed by atoms with Gasteiger partial charge in [0.05, 0.1) is 24.2 Å². The summed E-state index contributed by atoms with van der Waals surface area (Å²) in [4.78, 5) is 35.0. The number of rotatable bonds is 8. The highest BCUT2D eigenvalue weighted by molar-refractivity contribution is 5.97. The Morgan fingerprint density at radius 1 is 1.21 bits per heavy atom. The van der Waals surface area contributed by atoms with Crippen LogP contribution >= 0.6 is 0 Å². The van der Waals surface area contributed by atoms with E-state index in [0.29, 0.717) is 11.4 Å². The van der Waals surface area contributed by atoms with E-state index >= 15 is 0 Å². The van der Waals surface area contributed by atoms with Crippen LogP contribution in [0.2, 0.25) is 0 Å². The highest BCUT2D eigenvalue weighted by atomic mass is 16.6. The van der Waals surface area contributed by atoms with Gasteiger partial charge in [0.25, 0.3) is 5.91 Å². The van der Waals surface area contributed by atoms with Crippen molar-refractivity contribution in [1.29, 1.82) is 0 Å². The molecule has 2 aromatic carbocycles. The SMILES string of the molecule is CCOc1ccc(C(=O)O[C@H](C)C(=O)Nc2cccc(OC)c2)cc1[N+](=O)[O-]. The van der Waals surface area contributed by atoms with Crippen LogP contribution in [0.1, 0.15) is 24.2 Å². The fourth-order valence-electron chi connectivity index (χ4n) is 2.29. The number of benzene rings is 2. The fraction of sp³-hybridized carbons (Fsp3) is 0.263. The van der Waals surface area contributed by atoms with Gasteiger partial charge in [0.1, 0.15) is 5.75 Å². The zero-order valence-corrected chi connectivity index (χ0v) is 15.6. The van der Waals surface area contributed by atoms with Crippen molar-refractivity contribution in [2.75, 3.05) is 19.0 Å². The lowest BCUT2D eigenvalue weighted by Gasteiger charge is -2.14. The molecule has 0 saturated carbocycles. The number of carbonyl (C=O) groups is 2. The van der Waals surface area contributed by atoms with Crippen molar-refractivity contribution in [1.82, 2.24) is 0 Å². The summed E-state index contributed by atoms with van der Waals surface area (Å²) >= 11 is 0. The Hall–Kier alpha value is -3.62. The van der Waals surface area contributed by atoms with Crippen molar-refractivity contribution in [3.63, 3.8) is 0 Å². The van der Waals surface area contributed by atoms with E-state index in [1.807, 2.05) is 0 Å². The molecule has 0 radical (unpaired) electrons. The van der Waals surface area contributed by atoms with E-state index in [4.69, 9.17) is 14.2 Å². The van der Waals surface area contributed by atoms with E-state index in [1.54, 1.807) is 31.2 Å². The summed E-state index contributed by atoms with van der Waals surface area (Å²) in [7, 11) is 1.50. The molecule has 1 N–H and O–H groups in total. The van der Waals surface area contributed by atoms with Gasteiger partial charge < -0.3 is 19.5 Å². The molecule has 28 heavy (non-hydrogen) atoms. The molecule has 0 bridgehead atoms. The van der Waals surface area contributed by atoms with Crippen LogP contribution in [0, 0.1) is 10.1 Å². The van der Waals surface area contributed by atoms with Crippen LogP contribution in [0.25, 0.3) is 0 Å². The number of nitrogens with one attached hydrogen (secondary N) is 1. The van der Waals surface area contributed by atoms with Gasteiger partial charge in [0.2, 0.25) is 0 Å². The molecular weight excluding hydrogens is 368 g/mol. The average Bonchev–Trinajstić information content (AvgIpc) is 2.68. The zero-order chi connectivity index (χ0) is 20.7. The number of esters is 1. The van der Waals surface area contributed by atoms with E-state index in [9.17, 15) is 19.7 Å². The van der Waals surface area contributed by atoms with E-state index < -0.39 is 22.9 Å². The standard InChI is InChI=1S/C19H20N2O7/c1-4-27-17-9-8-13(10-16(17)21(24)25)19(23)28-12(2)18(22)20-14-6-5-7-15(11-14)26-3/h5-12H,4H2,1-3H3,(H,20,22)/t12-/m1/s1. The van der Waals surface area contributed by atoms with E-state index in [-0.39, 0.29) is 23.6 Å². The summed E-state index contributed by atoms with van der Waals surface area (Å²) in [6.45, 7) is 3.33. The highest BCUT2D eigenvalue weighted by Crippen LogP contribution is 2.28. The summed E-state index contributed by atoms with van der Waals surface area (Å²) in [5.41, 5.74) is 0.0601. The molecule has 0 aliphatic rings. The number of hydrogen-bond acceptors (Lipinski definition) is 7. The first-order valence-electron chi connectivity index (χ1n) is 8.42. The zero-order valence-electron chi connectivity index (χ0n) is 15.6. The summed E-state index contributed by atoms with van der Waals surface area (Å²) < 4.78 is 15.4. The number of nitrogens with zero attached hydrogens (tertiary/aromatic N) is 1. The molecule has 0 unspecified atom stereocenters. The Morgan fingerprint density at radius 3 is 2.61 bits per heavy atom. The fourth-order valence-corrected chi connectivity index (χ4v) is 2.29. The molecule has 1 amide bonds. The number of nitro benzene ring substituents is 1. The summed E-state index contributed by atoms with van der Waals surface area (Å²) in [6.07, 6.45) is -1.12. The summed E-state index contributed by atoms with van der Waals surface area (Å²) in [5.74, 6) is -0.807. The predicted molar refractivity (Wildman–Crippen MR) is 101 cm³/mol. The maximum atomic E-state index is 12.3. The number of methoxy groups -OCH3 is 1. The molecule has 0 aliphatic heterocycles. The minimum absolute atomic E-state index is 0.0490. The average molecular weight is 388 g/mol. The van der Waals surface area contributed by atoms with Gasteiger partial charge in [-0.2, -0.15) is 0 Å². The largest absolute Gasteiger partial charge is 0.497 e. The second-order valence-electron chi connectivity index (χ2n) is 5.64. The quantitative estimate of drug-likeness (QED) is 0.419. The Bertz CT molecular complexity index is 882. The third kappa shape index (κ3) is 5.19. The van der Waals surface area contributed by atoms with Crippen molar-refractivity contribution >= 4 is 23.3 Å². The van der Waals surface area contributed by atoms with Crippen LogP contribution in [0.5, 0.6) is 11.5 Å². The van der Waals surface area contributed by atoms with Crippen molar-refractivity contribution in [2.45, 2.75) is 20.0 Å². The Kier molecular flexibility index (Phi) is 6.91. The predicted octanol–water partition coefficient (Wildman–Crippen LogP) is 3.19. The third-order valence-electron chi connectivity index (χ3n) is 3.68. The second-order valence-corrected chi connectivity index (χ2v) is 5.64. The van der Waals surface area contributed by atoms with Gasteiger partial charge in [0.15, 0.2) is 11.9 Å². The van der Waals surface area contributed by atoms with Gasteiger partial charge in [-0.3, -0.25) is 14.9 Å². The lowest BCUT2D eigenvalue weighted by atomic mass is 10.2. The topological polar surface area (TPSA) is 117 Å². The van der Waals surface area contributed by atoms with Crippen LogP contribution in [0.15, 0.2) is 42.5 Å². The number of amides is 1. The monoisotopic (exact) mass is 388 g/mol. The molecule has 0 saturated heterocycles. The Labute approximate surface area is 161 Å². The first-order chi connectivity index (χ1) is 13.3. The third-order valence-corrected chi connectivity index (χ3v) is 3.68. The molecule has 0 spiro atoms. The molecule has 0 heterocycles. The van der Waals surface area contributed by atoms with Crippen LogP contribution < -0.4 is 14.8 Å². The van der Waals surface area contributed by atoms with E-state index in [0.717, 1.165) is 6.07 Å². The highest BCUT2D eigenvalue weighted by Gasteiger charge is 2.23. The minimum Gasteiger partial charge on any atom is -0.497 e. The number of hydrogen-bond donors (Lipinski definition) is 1. The van der Waals surface area contributed by atoms with Gasteiger partial charge >= 0.3 is 11.7 Å². The molecule has 148 valence electrons. The molecule has 2 rings (SSSR count). The minimum atomic E-state index is -1.12. The van der Waals surface area contributed by atoms with Gasteiger partial charge in [-0.1, -0.05) is 6.07 Å². The van der Waals surface area contributed by atoms with Crippen molar-refractivity contribution in [2.24, 2.45) is 0 Å². The lowest BCUT2D eigenvalue weighted by molar-refractivity contribution is -0.385. The number of carbonyl (C=O) groups excluding carboxylic acids is 2. The lowest BCUT2D eigenvalue weighted by Crippen LogP contribution is -2.30. The molecule has 9 nitrogen and oxygen atoms in total. The first kappa shape index (κ1) is 20.7. The Balaban J connectivity index is 2.07. The van der Waals surface area contributed by atoms with Gasteiger partial charge in [-0.15, -0.1) is 0 Å². The van der Waals surface area contributed by atoms with Crippen LogP contribution in [-0.4, -0.2) is 36.6 Å². The second kappa shape index (κ2) is 9.36. The first-order valence-corrected chi connectivity index (χ1v) is 8.42.